The van der Waals surface area contributed by atoms with Crippen LogP contribution in [0.4, 0.5) is 5.69 Å². The van der Waals surface area contributed by atoms with Gasteiger partial charge in [-0.2, -0.15) is 0 Å². The first-order chi connectivity index (χ1) is 8.90. The van der Waals surface area contributed by atoms with E-state index in [1.54, 1.807) is 31.3 Å². The van der Waals surface area contributed by atoms with Crippen LogP contribution in [0.25, 0.3) is 0 Å². The Morgan fingerprint density at radius 2 is 1.95 bits per heavy atom. The smallest absolute Gasteiger partial charge is 0.244 e. The normalized spacial score (nSPS) is 10.4. The molecule has 4 nitrogen and oxygen atoms in total. The zero-order valence-electron chi connectivity index (χ0n) is 11.4. The molecule has 1 rings (SSSR count). The van der Waals surface area contributed by atoms with Gasteiger partial charge in [0, 0.05) is 13.5 Å². The van der Waals surface area contributed by atoms with Gasteiger partial charge in [0.25, 0.3) is 0 Å². The van der Waals surface area contributed by atoms with E-state index in [4.69, 9.17) is 11.6 Å². The van der Waals surface area contributed by atoms with Gasteiger partial charge in [-0.15, -0.1) is 0 Å². The summed E-state index contributed by atoms with van der Waals surface area (Å²) in [4.78, 5) is 25.0. The number of nitrogens with one attached hydrogen (secondary N) is 1. The molecule has 1 aromatic rings. The molecule has 5 heteroatoms. The molecule has 0 fully saturated rings. The number of hydrogen-bond acceptors (Lipinski definition) is 2. The Kier molecular flexibility index (Phi) is 5.83. The first-order valence-corrected chi connectivity index (χ1v) is 6.56. The fourth-order valence-corrected chi connectivity index (χ4v) is 1.74. The number of anilines is 1. The van der Waals surface area contributed by atoms with Crippen molar-refractivity contribution in [3.8, 4) is 0 Å². The summed E-state index contributed by atoms with van der Waals surface area (Å²) in [5, 5.41) is 3.16. The summed E-state index contributed by atoms with van der Waals surface area (Å²) in [5.74, 6) is -0.0152. The van der Waals surface area contributed by atoms with Crippen LogP contribution in [0.15, 0.2) is 24.3 Å². The number of likely N-dealkylation sites (N-methyl/N-ethyl adjacent to an activating group) is 1. The van der Waals surface area contributed by atoms with Crippen LogP contribution in [0, 0.1) is 5.92 Å². The Bertz CT molecular complexity index is 461. The summed E-state index contributed by atoms with van der Waals surface area (Å²) >= 11 is 5.94. The molecule has 0 atom stereocenters. The standard InChI is InChI=1S/C14H19ClN2O2/c1-10(2)8-14(19)17(3)9-13(18)16-12-7-5-4-6-11(12)15/h4-7,10H,8-9H2,1-3H3,(H,16,18). The van der Waals surface area contributed by atoms with E-state index in [9.17, 15) is 9.59 Å². The van der Waals surface area contributed by atoms with Crippen molar-refractivity contribution in [2.45, 2.75) is 20.3 Å². The second-order valence-electron chi connectivity index (χ2n) is 4.88. The molecule has 0 aliphatic rings. The molecular weight excluding hydrogens is 264 g/mol. The van der Waals surface area contributed by atoms with Gasteiger partial charge >= 0.3 is 0 Å². The first-order valence-electron chi connectivity index (χ1n) is 6.18. The van der Waals surface area contributed by atoms with Gasteiger partial charge in [-0.1, -0.05) is 37.6 Å². The maximum Gasteiger partial charge on any atom is 0.244 e. The average molecular weight is 283 g/mol. The number of para-hydroxylation sites is 1. The van der Waals surface area contributed by atoms with Crippen LogP contribution in [0.2, 0.25) is 5.02 Å². The third kappa shape index (κ3) is 5.30. The van der Waals surface area contributed by atoms with Crippen molar-refractivity contribution in [2.24, 2.45) is 5.92 Å². The van der Waals surface area contributed by atoms with Crippen molar-refractivity contribution in [2.75, 3.05) is 18.9 Å². The van der Waals surface area contributed by atoms with Gasteiger partial charge in [-0.05, 0) is 18.1 Å². The molecule has 1 aromatic carbocycles. The molecule has 0 saturated heterocycles. The van der Waals surface area contributed by atoms with Crippen LogP contribution in [0.1, 0.15) is 20.3 Å². The van der Waals surface area contributed by atoms with Crippen molar-refractivity contribution in [3.05, 3.63) is 29.3 Å². The van der Waals surface area contributed by atoms with Crippen molar-refractivity contribution >= 4 is 29.1 Å². The molecule has 0 aromatic heterocycles. The quantitative estimate of drug-likeness (QED) is 0.903. The van der Waals surface area contributed by atoms with Crippen LogP contribution in [-0.4, -0.2) is 30.3 Å². The van der Waals surface area contributed by atoms with E-state index >= 15 is 0 Å². The second kappa shape index (κ2) is 7.14. The number of carbonyl (C=O) groups is 2. The summed E-state index contributed by atoms with van der Waals surface area (Å²) < 4.78 is 0. The maximum atomic E-state index is 11.8. The minimum Gasteiger partial charge on any atom is -0.336 e. The lowest BCUT2D eigenvalue weighted by atomic mass is 10.1. The van der Waals surface area contributed by atoms with Crippen LogP contribution in [-0.2, 0) is 9.59 Å². The second-order valence-corrected chi connectivity index (χ2v) is 5.28. The summed E-state index contributed by atoms with van der Waals surface area (Å²) in [6.07, 6.45) is 0.440. The largest absolute Gasteiger partial charge is 0.336 e. The average Bonchev–Trinajstić information content (AvgIpc) is 2.31. The molecule has 0 spiro atoms. The van der Waals surface area contributed by atoms with Crippen LogP contribution in [0.5, 0.6) is 0 Å². The van der Waals surface area contributed by atoms with Crippen molar-refractivity contribution in [1.29, 1.82) is 0 Å². The highest BCUT2D eigenvalue weighted by atomic mass is 35.5. The highest BCUT2D eigenvalue weighted by Crippen LogP contribution is 2.20. The highest BCUT2D eigenvalue weighted by Gasteiger charge is 2.14. The van der Waals surface area contributed by atoms with E-state index in [1.165, 1.54) is 4.90 Å². The third-order valence-corrected chi connectivity index (χ3v) is 2.87. The number of nitrogens with zero attached hydrogens (tertiary/aromatic N) is 1. The van der Waals surface area contributed by atoms with E-state index in [2.05, 4.69) is 5.32 Å². The SMILES string of the molecule is CC(C)CC(=O)N(C)CC(=O)Nc1ccccc1Cl. The van der Waals surface area contributed by atoms with Gasteiger partial charge in [0.15, 0.2) is 0 Å². The van der Waals surface area contributed by atoms with E-state index in [1.807, 2.05) is 13.8 Å². The van der Waals surface area contributed by atoms with Gasteiger partial charge in [-0.3, -0.25) is 9.59 Å². The topological polar surface area (TPSA) is 49.4 Å². The molecule has 0 unspecified atom stereocenters. The Balaban J connectivity index is 2.52. The van der Waals surface area contributed by atoms with E-state index in [0.29, 0.717) is 17.1 Å². The zero-order valence-corrected chi connectivity index (χ0v) is 12.2. The monoisotopic (exact) mass is 282 g/mol. The lowest BCUT2D eigenvalue weighted by molar-refractivity contribution is -0.133. The number of hydrogen-bond donors (Lipinski definition) is 1. The van der Waals surface area contributed by atoms with Gasteiger partial charge in [0.2, 0.25) is 11.8 Å². The van der Waals surface area contributed by atoms with Gasteiger partial charge in [0.1, 0.15) is 0 Å². The molecule has 0 aliphatic heterocycles. The van der Waals surface area contributed by atoms with Gasteiger partial charge in [0.05, 0.1) is 17.3 Å². The molecule has 104 valence electrons. The number of carbonyl (C=O) groups excluding carboxylic acids is 2. The fourth-order valence-electron chi connectivity index (χ4n) is 1.56. The molecule has 0 bridgehead atoms. The summed E-state index contributed by atoms with van der Waals surface area (Å²) in [6.45, 7) is 3.96. The minimum absolute atomic E-state index is 0.0246. The molecule has 2 amide bonds. The Morgan fingerprint density at radius 3 is 2.53 bits per heavy atom. The summed E-state index contributed by atoms with van der Waals surface area (Å²) in [7, 11) is 1.62. The number of halogens is 1. The summed E-state index contributed by atoms with van der Waals surface area (Å²) in [5.41, 5.74) is 0.555. The van der Waals surface area contributed by atoms with Crippen molar-refractivity contribution < 1.29 is 9.59 Å². The lowest BCUT2D eigenvalue weighted by Crippen LogP contribution is -2.35. The number of amides is 2. The maximum absolute atomic E-state index is 11.8. The molecule has 0 aliphatic carbocycles. The van der Waals surface area contributed by atoms with E-state index < -0.39 is 0 Å². The van der Waals surface area contributed by atoms with Crippen LogP contribution < -0.4 is 5.32 Å². The van der Waals surface area contributed by atoms with Gasteiger partial charge < -0.3 is 10.2 Å². The number of benzene rings is 1. The third-order valence-electron chi connectivity index (χ3n) is 2.54. The van der Waals surface area contributed by atoms with Crippen molar-refractivity contribution in [1.82, 2.24) is 4.90 Å². The Morgan fingerprint density at radius 1 is 1.32 bits per heavy atom. The Hall–Kier alpha value is -1.55. The van der Waals surface area contributed by atoms with Crippen LogP contribution >= 0.6 is 11.6 Å². The van der Waals surface area contributed by atoms with Crippen molar-refractivity contribution in [3.63, 3.8) is 0 Å². The fraction of sp³-hybridized carbons (Fsp3) is 0.429. The molecule has 0 radical (unpaired) electrons. The predicted octanol–water partition coefficient (Wildman–Crippen LogP) is 2.78. The lowest BCUT2D eigenvalue weighted by Gasteiger charge is -2.18. The molecule has 0 saturated carbocycles. The first kappa shape index (κ1) is 15.5. The number of rotatable bonds is 5. The highest BCUT2D eigenvalue weighted by molar-refractivity contribution is 6.33. The molecule has 1 N–H and O–H groups in total. The zero-order chi connectivity index (χ0) is 14.4. The van der Waals surface area contributed by atoms with Crippen LogP contribution in [0.3, 0.4) is 0 Å². The molecule has 19 heavy (non-hydrogen) atoms. The molecule has 0 heterocycles. The minimum atomic E-state index is -0.257. The summed E-state index contributed by atoms with van der Waals surface area (Å²) in [6, 6.07) is 6.99. The predicted molar refractivity (Wildman–Crippen MR) is 77.2 cm³/mol. The van der Waals surface area contributed by atoms with E-state index in [-0.39, 0.29) is 24.3 Å². The van der Waals surface area contributed by atoms with E-state index in [0.717, 1.165) is 0 Å². The molecular formula is C14H19ClN2O2. The Labute approximate surface area is 118 Å². The van der Waals surface area contributed by atoms with Gasteiger partial charge in [-0.25, -0.2) is 0 Å².